The molecule has 0 saturated heterocycles. The van der Waals surface area contributed by atoms with Crippen molar-refractivity contribution < 1.29 is 17.9 Å². The maximum atomic E-state index is 12.8. The van der Waals surface area contributed by atoms with E-state index in [0.29, 0.717) is 35.3 Å². The van der Waals surface area contributed by atoms with Crippen LogP contribution in [0.5, 0.6) is 11.5 Å². The molecule has 0 radical (unpaired) electrons. The number of nitrogens with one attached hydrogen (secondary N) is 1. The van der Waals surface area contributed by atoms with Crippen LogP contribution >= 0.6 is 11.6 Å². The van der Waals surface area contributed by atoms with Crippen molar-refractivity contribution in [3.05, 3.63) is 82.2 Å². The molecule has 0 aliphatic rings. The first kappa shape index (κ1) is 24.5. The van der Waals surface area contributed by atoms with Gasteiger partial charge in [-0.2, -0.15) is 4.31 Å². The van der Waals surface area contributed by atoms with Crippen LogP contribution in [0.1, 0.15) is 13.8 Å². The number of para-hydroxylation sites is 3. The third kappa shape index (κ3) is 5.81. The Balaban J connectivity index is 1.81. The van der Waals surface area contributed by atoms with Crippen molar-refractivity contribution in [2.24, 2.45) is 0 Å². The fourth-order valence-electron chi connectivity index (χ4n) is 3.15. The number of benzene rings is 2. The lowest BCUT2D eigenvalue weighted by Crippen LogP contribution is -2.33. The van der Waals surface area contributed by atoms with Gasteiger partial charge in [0.25, 0.3) is 5.56 Å². The quantitative estimate of drug-likeness (QED) is 0.490. The Hall–Kier alpha value is -3.14. The number of hydrogen-bond acceptors (Lipinski definition) is 5. The van der Waals surface area contributed by atoms with E-state index in [-0.39, 0.29) is 11.4 Å². The van der Waals surface area contributed by atoms with Crippen molar-refractivity contribution in [3.8, 4) is 11.5 Å². The van der Waals surface area contributed by atoms with E-state index in [1.54, 1.807) is 62.4 Å². The first-order chi connectivity index (χ1) is 15.8. The lowest BCUT2D eigenvalue weighted by Gasteiger charge is -2.19. The summed E-state index contributed by atoms with van der Waals surface area (Å²) in [5, 5.41) is 3.12. The first-order valence-corrected chi connectivity index (χ1v) is 12.1. The van der Waals surface area contributed by atoms with Gasteiger partial charge in [0.05, 0.1) is 15.6 Å². The SMILES string of the molecule is CCN(CC)S(=O)(=O)c1ccc(=O)n(CC(=O)Nc2ccccc2Oc2ccccc2Cl)c1. The largest absolute Gasteiger partial charge is 0.454 e. The molecule has 1 amide bonds. The molecule has 10 heteroatoms. The summed E-state index contributed by atoms with van der Waals surface area (Å²) in [5.74, 6) is 0.264. The van der Waals surface area contributed by atoms with Gasteiger partial charge in [0.1, 0.15) is 12.3 Å². The Morgan fingerprint density at radius 2 is 1.64 bits per heavy atom. The summed E-state index contributed by atoms with van der Waals surface area (Å²) in [6, 6.07) is 16.1. The van der Waals surface area contributed by atoms with Gasteiger partial charge in [0, 0.05) is 25.4 Å². The lowest BCUT2D eigenvalue weighted by molar-refractivity contribution is -0.116. The molecule has 3 rings (SSSR count). The molecule has 1 heterocycles. The highest BCUT2D eigenvalue weighted by atomic mass is 35.5. The highest BCUT2D eigenvalue weighted by Gasteiger charge is 2.22. The van der Waals surface area contributed by atoms with E-state index in [4.69, 9.17) is 16.3 Å². The smallest absolute Gasteiger partial charge is 0.251 e. The second-order valence-corrected chi connectivity index (χ2v) is 9.34. The number of amides is 1. The van der Waals surface area contributed by atoms with Gasteiger partial charge in [-0.1, -0.05) is 49.7 Å². The highest BCUT2D eigenvalue weighted by molar-refractivity contribution is 7.89. The minimum absolute atomic E-state index is 0.0546. The maximum absolute atomic E-state index is 12.8. The molecular weight excluding hydrogens is 466 g/mol. The number of carbonyl (C=O) groups is 1. The summed E-state index contributed by atoms with van der Waals surface area (Å²) in [7, 11) is -3.77. The molecule has 1 N–H and O–H groups in total. The molecule has 0 spiro atoms. The molecule has 0 aliphatic heterocycles. The molecular formula is C23H24ClN3O5S. The normalized spacial score (nSPS) is 11.4. The van der Waals surface area contributed by atoms with Crippen LogP contribution in [-0.2, 0) is 21.4 Å². The Bertz CT molecular complexity index is 1300. The number of aromatic nitrogens is 1. The van der Waals surface area contributed by atoms with Gasteiger partial charge in [0.2, 0.25) is 15.9 Å². The molecule has 0 atom stereocenters. The van der Waals surface area contributed by atoms with E-state index in [0.717, 1.165) is 10.6 Å². The van der Waals surface area contributed by atoms with Crippen LogP contribution in [0, 0.1) is 0 Å². The van der Waals surface area contributed by atoms with E-state index in [2.05, 4.69) is 5.32 Å². The van der Waals surface area contributed by atoms with Crippen LogP contribution < -0.4 is 15.6 Å². The van der Waals surface area contributed by atoms with Gasteiger partial charge in [-0.05, 0) is 30.3 Å². The topological polar surface area (TPSA) is 97.7 Å². The minimum Gasteiger partial charge on any atom is -0.454 e. The van der Waals surface area contributed by atoms with Crippen molar-refractivity contribution in [3.63, 3.8) is 0 Å². The van der Waals surface area contributed by atoms with Gasteiger partial charge in [-0.25, -0.2) is 8.42 Å². The number of ether oxygens (including phenoxy) is 1. The summed E-state index contributed by atoms with van der Waals surface area (Å²) in [5.41, 5.74) is -0.119. The van der Waals surface area contributed by atoms with Crippen molar-refractivity contribution in [2.75, 3.05) is 18.4 Å². The van der Waals surface area contributed by atoms with E-state index >= 15 is 0 Å². The number of rotatable bonds is 9. The zero-order chi connectivity index (χ0) is 24.0. The van der Waals surface area contributed by atoms with Crippen molar-refractivity contribution in [2.45, 2.75) is 25.3 Å². The van der Waals surface area contributed by atoms with Gasteiger partial charge < -0.3 is 14.6 Å². The minimum atomic E-state index is -3.77. The van der Waals surface area contributed by atoms with E-state index in [1.807, 2.05) is 0 Å². The third-order valence-electron chi connectivity index (χ3n) is 4.83. The Morgan fingerprint density at radius 3 is 2.30 bits per heavy atom. The molecule has 174 valence electrons. The summed E-state index contributed by atoms with van der Waals surface area (Å²) in [4.78, 5) is 24.9. The standard InChI is InChI=1S/C23H24ClN3O5S/c1-3-27(4-2)33(30,31)17-13-14-23(29)26(15-17)16-22(28)25-19-10-6-8-12-21(19)32-20-11-7-5-9-18(20)24/h5-15H,3-4,16H2,1-2H3,(H,25,28). The van der Waals surface area contributed by atoms with Crippen molar-refractivity contribution >= 4 is 33.2 Å². The summed E-state index contributed by atoms with van der Waals surface area (Å²) in [6.07, 6.45) is 1.18. The number of hydrogen-bond donors (Lipinski definition) is 1. The van der Waals surface area contributed by atoms with Crippen LogP contribution in [0.15, 0.2) is 76.6 Å². The van der Waals surface area contributed by atoms with Crippen LogP contribution in [-0.4, -0.2) is 36.3 Å². The van der Waals surface area contributed by atoms with E-state index < -0.39 is 21.5 Å². The fraction of sp³-hybridized carbons (Fsp3) is 0.217. The van der Waals surface area contributed by atoms with Gasteiger partial charge in [-0.15, -0.1) is 0 Å². The molecule has 0 unspecified atom stereocenters. The van der Waals surface area contributed by atoms with Gasteiger partial charge >= 0.3 is 0 Å². The number of nitrogens with zero attached hydrogens (tertiary/aromatic N) is 2. The zero-order valence-corrected chi connectivity index (χ0v) is 19.8. The average molecular weight is 490 g/mol. The number of carbonyl (C=O) groups excluding carboxylic acids is 1. The maximum Gasteiger partial charge on any atom is 0.251 e. The number of anilines is 1. The van der Waals surface area contributed by atoms with Gasteiger partial charge in [-0.3, -0.25) is 9.59 Å². The third-order valence-corrected chi connectivity index (χ3v) is 7.18. The molecule has 1 aromatic heterocycles. The predicted octanol–water partition coefficient (Wildman–Crippen LogP) is 3.96. The summed E-state index contributed by atoms with van der Waals surface area (Å²) < 4.78 is 33.7. The Kier molecular flexibility index (Phi) is 7.91. The second-order valence-electron chi connectivity index (χ2n) is 7.00. The molecule has 33 heavy (non-hydrogen) atoms. The first-order valence-electron chi connectivity index (χ1n) is 10.3. The fourth-order valence-corrected chi connectivity index (χ4v) is 4.80. The van der Waals surface area contributed by atoms with Crippen molar-refractivity contribution in [1.82, 2.24) is 8.87 Å². The molecule has 3 aromatic rings. The van der Waals surface area contributed by atoms with Gasteiger partial charge in [0.15, 0.2) is 5.75 Å². The number of pyridine rings is 1. The molecule has 0 saturated carbocycles. The number of halogens is 1. The second kappa shape index (κ2) is 10.7. The van der Waals surface area contributed by atoms with Crippen LogP contribution in [0.2, 0.25) is 5.02 Å². The van der Waals surface area contributed by atoms with Crippen LogP contribution in [0.4, 0.5) is 5.69 Å². The Morgan fingerprint density at radius 1 is 1.00 bits per heavy atom. The van der Waals surface area contributed by atoms with Crippen LogP contribution in [0.3, 0.4) is 0 Å². The monoisotopic (exact) mass is 489 g/mol. The highest BCUT2D eigenvalue weighted by Crippen LogP contribution is 2.33. The van der Waals surface area contributed by atoms with E-state index in [9.17, 15) is 18.0 Å². The van der Waals surface area contributed by atoms with E-state index in [1.165, 1.54) is 16.6 Å². The summed E-state index contributed by atoms with van der Waals surface area (Å²) in [6.45, 7) is 3.67. The van der Waals surface area contributed by atoms with Crippen LogP contribution in [0.25, 0.3) is 0 Å². The molecule has 8 nitrogen and oxygen atoms in total. The predicted molar refractivity (Wildman–Crippen MR) is 127 cm³/mol. The molecule has 0 fully saturated rings. The Labute approximate surface area is 197 Å². The summed E-state index contributed by atoms with van der Waals surface area (Å²) >= 11 is 6.15. The molecule has 0 aliphatic carbocycles. The zero-order valence-electron chi connectivity index (χ0n) is 18.2. The lowest BCUT2D eigenvalue weighted by atomic mass is 10.2. The average Bonchev–Trinajstić information content (AvgIpc) is 2.78. The molecule has 0 bridgehead atoms. The van der Waals surface area contributed by atoms with Crippen molar-refractivity contribution in [1.29, 1.82) is 0 Å². The molecule has 2 aromatic carbocycles. The number of sulfonamides is 1.